The largest absolute Gasteiger partial charge is 0.461 e. The molecule has 0 N–H and O–H groups in total. The van der Waals surface area contributed by atoms with Crippen molar-refractivity contribution in [2.45, 2.75) is 0 Å². The van der Waals surface area contributed by atoms with Crippen molar-refractivity contribution in [3.63, 3.8) is 0 Å². The number of thiophene rings is 1. The summed E-state index contributed by atoms with van der Waals surface area (Å²) >= 11 is 4.56. The van der Waals surface area contributed by atoms with Crippen LogP contribution in [0.25, 0.3) is 0 Å². The molecule has 0 spiro atoms. The molecule has 60 valence electrons. The van der Waals surface area contributed by atoms with Crippen LogP contribution in [0.4, 0.5) is 0 Å². The van der Waals surface area contributed by atoms with Crippen LogP contribution in [0.15, 0.2) is 17.5 Å². The molecule has 1 aromatic rings. The normalized spacial score (nSPS) is 9.55. The predicted octanol–water partition coefficient (Wildman–Crippen LogP) is 2.30. The van der Waals surface area contributed by atoms with Crippen molar-refractivity contribution in [1.82, 2.24) is 0 Å². The van der Waals surface area contributed by atoms with Crippen molar-refractivity contribution < 1.29 is 9.53 Å². The van der Waals surface area contributed by atoms with E-state index in [2.05, 4.69) is 15.9 Å². The third kappa shape index (κ3) is 2.63. The summed E-state index contributed by atoms with van der Waals surface area (Å²) in [6.45, 7) is 0.427. The van der Waals surface area contributed by atoms with E-state index < -0.39 is 0 Å². The molecule has 11 heavy (non-hydrogen) atoms. The van der Waals surface area contributed by atoms with Gasteiger partial charge in [0.1, 0.15) is 11.5 Å². The first kappa shape index (κ1) is 8.74. The van der Waals surface area contributed by atoms with Crippen LogP contribution in [0.5, 0.6) is 0 Å². The molecule has 0 atom stereocenters. The minimum absolute atomic E-state index is 0.237. The molecule has 1 rings (SSSR count). The van der Waals surface area contributed by atoms with E-state index in [1.54, 1.807) is 6.07 Å². The van der Waals surface area contributed by atoms with Gasteiger partial charge < -0.3 is 4.74 Å². The summed E-state index contributed by atoms with van der Waals surface area (Å²) in [6.07, 6.45) is 0. The van der Waals surface area contributed by atoms with E-state index in [9.17, 15) is 4.79 Å². The summed E-state index contributed by atoms with van der Waals surface area (Å²) in [5.74, 6) is -0.237. The Morgan fingerprint density at radius 2 is 2.55 bits per heavy atom. The van der Waals surface area contributed by atoms with Crippen molar-refractivity contribution in [1.29, 1.82) is 0 Å². The van der Waals surface area contributed by atoms with Crippen LogP contribution in [0.3, 0.4) is 0 Å². The molecule has 0 amide bonds. The number of rotatable bonds is 3. The molecule has 0 unspecified atom stereocenters. The molecule has 0 aliphatic heterocycles. The van der Waals surface area contributed by atoms with Gasteiger partial charge in [0.15, 0.2) is 0 Å². The van der Waals surface area contributed by atoms with E-state index >= 15 is 0 Å². The second kappa shape index (κ2) is 4.51. The molecule has 2 nitrogen and oxygen atoms in total. The van der Waals surface area contributed by atoms with Gasteiger partial charge in [-0.3, -0.25) is 0 Å². The van der Waals surface area contributed by atoms with Crippen molar-refractivity contribution in [2.75, 3.05) is 11.9 Å². The number of carbonyl (C=O) groups excluding carboxylic acids is 1. The molecule has 0 saturated carbocycles. The van der Waals surface area contributed by atoms with E-state index in [0.717, 1.165) is 0 Å². The van der Waals surface area contributed by atoms with Crippen LogP contribution in [0.2, 0.25) is 0 Å². The molecule has 1 heterocycles. The molecule has 1 aromatic heterocycles. The van der Waals surface area contributed by atoms with Crippen LogP contribution in [-0.4, -0.2) is 17.9 Å². The Kier molecular flexibility index (Phi) is 3.59. The summed E-state index contributed by atoms with van der Waals surface area (Å²) in [4.78, 5) is 11.7. The fourth-order valence-corrected chi connectivity index (χ4v) is 1.38. The number of carbonyl (C=O) groups is 1. The smallest absolute Gasteiger partial charge is 0.348 e. The van der Waals surface area contributed by atoms with E-state index in [-0.39, 0.29) is 5.97 Å². The lowest BCUT2D eigenvalue weighted by Gasteiger charge is -1.97. The first-order valence-electron chi connectivity index (χ1n) is 3.11. The van der Waals surface area contributed by atoms with E-state index in [0.29, 0.717) is 16.8 Å². The SMILES string of the molecule is O=C(OCCBr)c1cccs1. The quantitative estimate of drug-likeness (QED) is 0.593. The molecule has 4 heteroatoms. The highest BCUT2D eigenvalue weighted by Gasteiger charge is 2.05. The van der Waals surface area contributed by atoms with Crippen LogP contribution in [0, 0.1) is 0 Å². The molecule has 0 fully saturated rings. The Bertz CT molecular complexity index is 220. The maximum absolute atomic E-state index is 11.0. The zero-order valence-electron chi connectivity index (χ0n) is 5.75. The Morgan fingerprint density at radius 1 is 1.73 bits per heavy atom. The lowest BCUT2D eigenvalue weighted by atomic mass is 10.5. The van der Waals surface area contributed by atoms with Gasteiger partial charge in [-0.25, -0.2) is 4.79 Å². The summed E-state index contributed by atoms with van der Waals surface area (Å²) in [5.41, 5.74) is 0. The van der Waals surface area contributed by atoms with Crippen LogP contribution < -0.4 is 0 Å². The highest BCUT2D eigenvalue weighted by atomic mass is 79.9. The fraction of sp³-hybridized carbons (Fsp3) is 0.286. The predicted molar refractivity (Wildman–Crippen MR) is 48.4 cm³/mol. The number of esters is 1. The summed E-state index contributed by atoms with van der Waals surface area (Å²) < 4.78 is 4.86. The molecule has 0 aliphatic rings. The van der Waals surface area contributed by atoms with Crippen molar-refractivity contribution >= 4 is 33.2 Å². The van der Waals surface area contributed by atoms with Gasteiger partial charge in [-0.05, 0) is 11.4 Å². The molecular formula is C7H7BrO2S. The first-order valence-corrected chi connectivity index (χ1v) is 5.11. The highest BCUT2D eigenvalue weighted by Crippen LogP contribution is 2.09. The minimum atomic E-state index is -0.237. The van der Waals surface area contributed by atoms with Gasteiger partial charge in [0.2, 0.25) is 0 Å². The Morgan fingerprint density at radius 3 is 3.09 bits per heavy atom. The lowest BCUT2D eigenvalue weighted by molar-refractivity contribution is 0.0537. The second-order valence-electron chi connectivity index (χ2n) is 1.80. The van der Waals surface area contributed by atoms with Gasteiger partial charge in [-0.2, -0.15) is 0 Å². The second-order valence-corrected chi connectivity index (χ2v) is 3.54. The standard InChI is InChI=1S/C7H7BrO2S/c8-3-4-10-7(9)6-2-1-5-11-6/h1-2,5H,3-4H2. The lowest BCUT2D eigenvalue weighted by Crippen LogP contribution is -2.04. The Labute approximate surface area is 77.3 Å². The number of ether oxygens (including phenoxy) is 1. The van der Waals surface area contributed by atoms with Gasteiger partial charge in [-0.1, -0.05) is 22.0 Å². The van der Waals surface area contributed by atoms with Crippen LogP contribution in [0.1, 0.15) is 9.67 Å². The van der Waals surface area contributed by atoms with Crippen molar-refractivity contribution in [2.24, 2.45) is 0 Å². The molecule has 0 radical (unpaired) electrons. The number of hydrogen-bond acceptors (Lipinski definition) is 3. The summed E-state index contributed by atoms with van der Waals surface area (Å²) in [5, 5.41) is 2.54. The van der Waals surface area contributed by atoms with Crippen LogP contribution >= 0.6 is 27.3 Å². The molecule has 0 bridgehead atoms. The number of hydrogen-bond donors (Lipinski definition) is 0. The number of alkyl halides is 1. The Hall–Kier alpha value is -0.350. The van der Waals surface area contributed by atoms with Gasteiger partial charge in [0, 0.05) is 5.33 Å². The van der Waals surface area contributed by atoms with Crippen molar-refractivity contribution in [3.8, 4) is 0 Å². The topological polar surface area (TPSA) is 26.3 Å². The fourth-order valence-electron chi connectivity index (χ4n) is 0.597. The highest BCUT2D eigenvalue weighted by molar-refractivity contribution is 9.09. The minimum Gasteiger partial charge on any atom is -0.461 e. The van der Waals surface area contributed by atoms with Crippen molar-refractivity contribution in [3.05, 3.63) is 22.4 Å². The van der Waals surface area contributed by atoms with Crippen LogP contribution in [-0.2, 0) is 4.74 Å². The van der Waals surface area contributed by atoms with Gasteiger partial charge >= 0.3 is 5.97 Å². The average molecular weight is 235 g/mol. The van der Waals surface area contributed by atoms with Gasteiger partial charge in [-0.15, -0.1) is 11.3 Å². The maximum atomic E-state index is 11.0. The molecule has 0 aliphatic carbocycles. The zero-order valence-corrected chi connectivity index (χ0v) is 8.15. The molecule has 0 aromatic carbocycles. The van der Waals surface area contributed by atoms with Gasteiger partial charge in [0.05, 0.1) is 0 Å². The number of halogens is 1. The van der Waals surface area contributed by atoms with Gasteiger partial charge in [0.25, 0.3) is 0 Å². The van der Waals surface area contributed by atoms with E-state index in [4.69, 9.17) is 4.74 Å². The third-order valence-electron chi connectivity index (χ3n) is 1.03. The molecule has 0 saturated heterocycles. The monoisotopic (exact) mass is 234 g/mol. The zero-order chi connectivity index (χ0) is 8.10. The van der Waals surface area contributed by atoms with E-state index in [1.165, 1.54) is 11.3 Å². The molecular weight excluding hydrogens is 228 g/mol. The summed E-state index contributed by atoms with van der Waals surface area (Å²) in [6, 6.07) is 3.58. The average Bonchev–Trinajstić information content (AvgIpc) is 2.52. The summed E-state index contributed by atoms with van der Waals surface area (Å²) in [7, 11) is 0. The Balaban J connectivity index is 2.43. The maximum Gasteiger partial charge on any atom is 0.348 e. The third-order valence-corrected chi connectivity index (χ3v) is 2.21. The first-order chi connectivity index (χ1) is 5.34. The van der Waals surface area contributed by atoms with E-state index in [1.807, 2.05) is 11.4 Å².